The first-order valence-corrected chi connectivity index (χ1v) is 19.0. The van der Waals surface area contributed by atoms with Crippen molar-refractivity contribution < 1.29 is 5.11 Å². The zero-order valence-corrected chi connectivity index (χ0v) is 27.8. The van der Waals surface area contributed by atoms with E-state index in [2.05, 4.69) is 13.8 Å². The summed E-state index contributed by atoms with van der Waals surface area (Å²) in [5.74, 6) is 0. The van der Waals surface area contributed by atoms with Crippen molar-refractivity contribution in [2.24, 2.45) is 0 Å². The second kappa shape index (κ2) is 36.0. The van der Waals surface area contributed by atoms with Crippen LogP contribution in [-0.2, 0) is 0 Å². The van der Waals surface area contributed by atoms with E-state index >= 15 is 0 Å². The molecule has 1 unspecified atom stereocenters. The molecular formula is C38H78O. The Morgan fingerprint density at radius 3 is 0.590 bits per heavy atom. The molecule has 0 heterocycles. The van der Waals surface area contributed by atoms with Crippen LogP contribution in [0.15, 0.2) is 0 Å². The Balaban J connectivity index is 3.10. The maximum atomic E-state index is 10.2. The molecule has 0 saturated carbocycles. The Hall–Kier alpha value is -0.0400. The maximum Gasteiger partial charge on any atom is 0.0540 e. The first-order chi connectivity index (χ1) is 19.3. The van der Waals surface area contributed by atoms with Gasteiger partial charge >= 0.3 is 0 Å². The van der Waals surface area contributed by atoms with Crippen LogP contribution in [0.2, 0.25) is 0 Å². The third-order valence-corrected chi connectivity index (χ3v) is 9.03. The van der Waals surface area contributed by atoms with Gasteiger partial charge in [-0.1, -0.05) is 226 Å². The summed E-state index contributed by atoms with van der Waals surface area (Å²) in [6, 6.07) is 0. The minimum atomic E-state index is -0.0331. The highest BCUT2D eigenvalue weighted by Crippen LogP contribution is 2.17. The molecule has 0 amide bonds. The molecule has 0 rings (SSSR count). The van der Waals surface area contributed by atoms with Crippen molar-refractivity contribution in [2.75, 3.05) is 0 Å². The first-order valence-electron chi connectivity index (χ1n) is 19.0. The fourth-order valence-corrected chi connectivity index (χ4v) is 6.18. The summed E-state index contributed by atoms with van der Waals surface area (Å²) in [5.41, 5.74) is 0. The van der Waals surface area contributed by atoms with E-state index in [-0.39, 0.29) is 6.10 Å². The molecule has 0 aliphatic rings. The Kier molecular flexibility index (Phi) is 35.9. The third-order valence-electron chi connectivity index (χ3n) is 9.03. The number of rotatable bonds is 35. The molecule has 236 valence electrons. The van der Waals surface area contributed by atoms with Crippen molar-refractivity contribution in [1.29, 1.82) is 0 Å². The molecule has 0 aromatic carbocycles. The van der Waals surface area contributed by atoms with E-state index in [9.17, 15) is 5.11 Å². The molecule has 1 heteroatoms. The van der Waals surface area contributed by atoms with Crippen molar-refractivity contribution >= 4 is 0 Å². The van der Waals surface area contributed by atoms with Crippen LogP contribution < -0.4 is 0 Å². The predicted molar refractivity (Wildman–Crippen MR) is 179 cm³/mol. The lowest BCUT2D eigenvalue weighted by atomic mass is 10.0. The fraction of sp³-hybridized carbons (Fsp3) is 1.00. The van der Waals surface area contributed by atoms with E-state index < -0.39 is 0 Å². The molecule has 1 atom stereocenters. The third kappa shape index (κ3) is 35.9. The van der Waals surface area contributed by atoms with E-state index in [0.717, 1.165) is 12.8 Å². The molecule has 1 N–H and O–H groups in total. The van der Waals surface area contributed by atoms with E-state index in [1.807, 2.05) is 0 Å². The highest BCUT2D eigenvalue weighted by atomic mass is 16.3. The van der Waals surface area contributed by atoms with Crippen molar-refractivity contribution in [3.8, 4) is 0 Å². The zero-order valence-electron chi connectivity index (χ0n) is 27.8. The second-order valence-electron chi connectivity index (χ2n) is 13.2. The van der Waals surface area contributed by atoms with Gasteiger partial charge in [-0.3, -0.25) is 0 Å². The number of hydrogen-bond acceptors (Lipinski definition) is 1. The van der Waals surface area contributed by atoms with Gasteiger partial charge in [0.05, 0.1) is 6.10 Å². The predicted octanol–water partition coefficient (Wildman–Crippen LogP) is 14.0. The molecule has 0 saturated heterocycles. The summed E-state index contributed by atoms with van der Waals surface area (Å²) >= 11 is 0. The first kappa shape index (κ1) is 39.0. The zero-order chi connectivity index (χ0) is 28.3. The van der Waals surface area contributed by atoms with E-state index in [1.165, 1.54) is 212 Å². The number of hydrogen-bond donors (Lipinski definition) is 1. The van der Waals surface area contributed by atoms with Crippen LogP contribution in [0, 0.1) is 0 Å². The quantitative estimate of drug-likeness (QED) is 0.0778. The summed E-state index contributed by atoms with van der Waals surface area (Å²) in [7, 11) is 0. The lowest BCUT2D eigenvalue weighted by molar-refractivity contribution is 0.147. The highest BCUT2D eigenvalue weighted by molar-refractivity contribution is 4.58. The van der Waals surface area contributed by atoms with E-state index in [0.29, 0.717) is 0 Å². The Morgan fingerprint density at radius 1 is 0.256 bits per heavy atom. The maximum absolute atomic E-state index is 10.2. The smallest absolute Gasteiger partial charge is 0.0540 e. The largest absolute Gasteiger partial charge is 0.393 e. The van der Waals surface area contributed by atoms with Gasteiger partial charge in [0.15, 0.2) is 0 Å². The summed E-state index contributed by atoms with van der Waals surface area (Å²) in [6.07, 6.45) is 49.0. The van der Waals surface area contributed by atoms with Gasteiger partial charge in [-0.05, 0) is 12.8 Å². The molecular weight excluding hydrogens is 472 g/mol. The minimum Gasteiger partial charge on any atom is -0.393 e. The lowest BCUT2D eigenvalue weighted by Crippen LogP contribution is -2.05. The van der Waals surface area contributed by atoms with Crippen LogP contribution in [0.3, 0.4) is 0 Å². The molecule has 0 aliphatic carbocycles. The van der Waals surface area contributed by atoms with Crippen LogP contribution in [0.25, 0.3) is 0 Å². The topological polar surface area (TPSA) is 20.2 Å². The van der Waals surface area contributed by atoms with Crippen LogP contribution in [0.1, 0.15) is 239 Å². The van der Waals surface area contributed by atoms with Gasteiger partial charge in [0, 0.05) is 0 Å². The summed E-state index contributed by atoms with van der Waals surface area (Å²) in [5, 5.41) is 10.2. The molecule has 0 aromatic heterocycles. The monoisotopic (exact) mass is 551 g/mol. The average molecular weight is 551 g/mol. The second-order valence-corrected chi connectivity index (χ2v) is 13.2. The summed E-state index contributed by atoms with van der Waals surface area (Å²) < 4.78 is 0. The van der Waals surface area contributed by atoms with Gasteiger partial charge in [0.1, 0.15) is 0 Å². The molecule has 0 spiro atoms. The standard InChI is InChI=1S/C38H78O/c1-3-5-7-9-11-13-14-15-16-17-18-19-20-21-22-23-24-25-26-27-29-31-33-35-37-38(39)36-34-32-30-28-12-10-8-6-4-2/h38-39H,3-37H2,1-2H3. The van der Waals surface area contributed by atoms with Gasteiger partial charge in [0.25, 0.3) is 0 Å². The van der Waals surface area contributed by atoms with Gasteiger partial charge in [-0.2, -0.15) is 0 Å². The molecule has 39 heavy (non-hydrogen) atoms. The molecule has 0 aromatic rings. The lowest BCUT2D eigenvalue weighted by Gasteiger charge is -2.10. The van der Waals surface area contributed by atoms with E-state index in [1.54, 1.807) is 0 Å². The van der Waals surface area contributed by atoms with Crippen LogP contribution in [0.5, 0.6) is 0 Å². The van der Waals surface area contributed by atoms with Gasteiger partial charge in [-0.15, -0.1) is 0 Å². The number of aliphatic hydroxyl groups excluding tert-OH is 1. The minimum absolute atomic E-state index is 0.0331. The SMILES string of the molecule is CCCCCCCCCCCCCCCCCCCCCCCCCCC(O)CCCCCCCCCCC. The van der Waals surface area contributed by atoms with Gasteiger partial charge in [-0.25, -0.2) is 0 Å². The average Bonchev–Trinajstić information content (AvgIpc) is 2.94. The molecule has 0 bridgehead atoms. The Bertz CT molecular complexity index is 406. The Morgan fingerprint density at radius 2 is 0.410 bits per heavy atom. The van der Waals surface area contributed by atoms with Crippen LogP contribution in [-0.4, -0.2) is 11.2 Å². The van der Waals surface area contributed by atoms with Crippen LogP contribution >= 0.6 is 0 Å². The van der Waals surface area contributed by atoms with Crippen molar-refractivity contribution in [3.05, 3.63) is 0 Å². The van der Waals surface area contributed by atoms with E-state index in [4.69, 9.17) is 0 Å². The number of aliphatic hydroxyl groups is 1. The van der Waals surface area contributed by atoms with Crippen molar-refractivity contribution in [3.63, 3.8) is 0 Å². The van der Waals surface area contributed by atoms with Gasteiger partial charge < -0.3 is 5.11 Å². The Labute approximate surface area is 249 Å². The summed E-state index contributed by atoms with van der Waals surface area (Å²) in [4.78, 5) is 0. The molecule has 0 radical (unpaired) electrons. The fourth-order valence-electron chi connectivity index (χ4n) is 6.18. The van der Waals surface area contributed by atoms with Gasteiger partial charge in [0.2, 0.25) is 0 Å². The summed E-state index contributed by atoms with van der Waals surface area (Å²) in [6.45, 7) is 4.59. The number of unbranched alkanes of at least 4 members (excludes halogenated alkanes) is 31. The normalized spacial score (nSPS) is 12.4. The van der Waals surface area contributed by atoms with Crippen molar-refractivity contribution in [1.82, 2.24) is 0 Å². The molecule has 0 fully saturated rings. The molecule has 1 nitrogen and oxygen atoms in total. The highest BCUT2D eigenvalue weighted by Gasteiger charge is 2.04. The molecule has 0 aliphatic heterocycles. The van der Waals surface area contributed by atoms with Crippen molar-refractivity contribution in [2.45, 2.75) is 245 Å². The van der Waals surface area contributed by atoms with Crippen LogP contribution in [0.4, 0.5) is 0 Å².